The van der Waals surface area contributed by atoms with Crippen molar-refractivity contribution in [2.24, 2.45) is 0 Å². The highest BCUT2D eigenvalue weighted by Crippen LogP contribution is 2.29. The van der Waals surface area contributed by atoms with Gasteiger partial charge in [0, 0.05) is 18.3 Å². The number of rotatable bonds is 3. The van der Waals surface area contributed by atoms with Gasteiger partial charge in [0.15, 0.2) is 0 Å². The zero-order valence-electron chi connectivity index (χ0n) is 10.3. The summed E-state index contributed by atoms with van der Waals surface area (Å²) in [5.74, 6) is -0.262. The number of hydrogen-bond acceptors (Lipinski definition) is 3. The number of nitrogens with one attached hydrogen (secondary N) is 1. The number of anilines is 1. The minimum absolute atomic E-state index is 0.0538. The molecule has 3 nitrogen and oxygen atoms in total. The highest BCUT2D eigenvalue weighted by atomic mass is 19.1. The largest absolute Gasteiger partial charge is 0.394 e. The number of aliphatic hydroxyl groups is 1. The summed E-state index contributed by atoms with van der Waals surface area (Å²) in [4.78, 5) is 2.20. The molecule has 94 valence electrons. The first-order valence-electron chi connectivity index (χ1n) is 5.89. The third-order valence-electron chi connectivity index (χ3n) is 3.53. The number of benzene rings is 1. The molecule has 1 aliphatic heterocycles. The van der Waals surface area contributed by atoms with Crippen molar-refractivity contribution in [3.8, 4) is 0 Å². The fraction of sp³-hybridized carbons (Fsp3) is 0.538. The maximum absolute atomic E-state index is 13.1. The Kier molecular flexibility index (Phi) is 3.35. The third kappa shape index (κ3) is 2.58. The maximum Gasteiger partial charge on any atom is 0.125 e. The molecular weight excluding hydrogens is 219 g/mol. The first kappa shape index (κ1) is 12.3. The zero-order chi connectivity index (χ0) is 12.5. The lowest BCUT2D eigenvalue weighted by Crippen LogP contribution is -2.44. The van der Waals surface area contributed by atoms with E-state index < -0.39 is 0 Å². The predicted molar refractivity (Wildman–Crippen MR) is 66.5 cm³/mol. The van der Waals surface area contributed by atoms with Crippen molar-refractivity contribution >= 4 is 5.69 Å². The van der Waals surface area contributed by atoms with Gasteiger partial charge in [-0.2, -0.15) is 0 Å². The van der Waals surface area contributed by atoms with E-state index in [0.29, 0.717) is 6.04 Å². The average molecular weight is 238 g/mol. The van der Waals surface area contributed by atoms with Crippen LogP contribution in [-0.4, -0.2) is 41.8 Å². The first-order chi connectivity index (χ1) is 8.04. The molecule has 1 aliphatic rings. The normalized spacial score (nSPS) is 29.5. The van der Waals surface area contributed by atoms with Crippen LogP contribution in [0.5, 0.6) is 0 Å². The van der Waals surface area contributed by atoms with E-state index in [-0.39, 0.29) is 18.0 Å². The number of likely N-dealkylation sites (N-methyl/N-ethyl adjacent to an activating group) is 1. The number of aliphatic hydroxyl groups excluding tert-OH is 1. The van der Waals surface area contributed by atoms with Crippen molar-refractivity contribution in [3.63, 3.8) is 0 Å². The second-order valence-corrected chi connectivity index (χ2v) is 5.04. The van der Waals surface area contributed by atoms with Crippen LogP contribution < -0.4 is 5.32 Å². The molecule has 2 rings (SSSR count). The molecule has 1 aromatic rings. The van der Waals surface area contributed by atoms with Crippen LogP contribution in [0, 0.1) is 5.82 Å². The fourth-order valence-corrected chi connectivity index (χ4v) is 2.54. The molecule has 0 aliphatic carbocycles. The summed E-state index contributed by atoms with van der Waals surface area (Å²) >= 11 is 0. The molecule has 0 saturated carbocycles. The summed E-state index contributed by atoms with van der Waals surface area (Å²) in [6.45, 7) is 2.95. The van der Waals surface area contributed by atoms with Gasteiger partial charge >= 0.3 is 0 Å². The van der Waals surface area contributed by atoms with Crippen LogP contribution in [0.25, 0.3) is 0 Å². The van der Waals surface area contributed by atoms with Crippen molar-refractivity contribution in [2.45, 2.75) is 24.9 Å². The predicted octanol–water partition coefficient (Wildman–Crippen LogP) is 1.69. The van der Waals surface area contributed by atoms with Crippen LogP contribution in [0.4, 0.5) is 10.1 Å². The van der Waals surface area contributed by atoms with Crippen LogP contribution >= 0.6 is 0 Å². The van der Waals surface area contributed by atoms with Gasteiger partial charge in [-0.05, 0) is 38.6 Å². The lowest BCUT2D eigenvalue weighted by Gasteiger charge is -2.29. The van der Waals surface area contributed by atoms with Gasteiger partial charge in [0.05, 0.1) is 12.1 Å². The molecule has 0 amide bonds. The van der Waals surface area contributed by atoms with Crippen molar-refractivity contribution in [3.05, 3.63) is 30.1 Å². The van der Waals surface area contributed by atoms with E-state index in [0.717, 1.165) is 18.7 Å². The second-order valence-electron chi connectivity index (χ2n) is 5.04. The lowest BCUT2D eigenvalue weighted by molar-refractivity contribution is 0.212. The van der Waals surface area contributed by atoms with Crippen LogP contribution in [-0.2, 0) is 0 Å². The SMILES string of the molecule is CC1CC(CO)(Nc2cccc(F)c2)CN1C. The Bertz CT molecular complexity index is 387. The molecule has 2 atom stereocenters. The molecule has 1 fully saturated rings. The molecule has 1 aromatic carbocycles. The summed E-state index contributed by atoms with van der Waals surface area (Å²) in [5.41, 5.74) is 0.364. The van der Waals surface area contributed by atoms with Crippen LogP contribution in [0.2, 0.25) is 0 Å². The quantitative estimate of drug-likeness (QED) is 0.841. The summed E-state index contributed by atoms with van der Waals surface area (Å²) in [5, 5.41) is 12.9. The minimum Gasteiger partial charge on any atom is -0.394 e. The smallest absolute Gasteiger partial charge is 0.125 e. The van der Waals surface area contributed by atoms with Crippen molar-refractivity contribution < 1.29 is 9.50 Å². The number of likely N-dealkylation sites (tertiary alicyclic amines) is 1. The highest BCUT2D eigenvalue weighted by molar-refractivity contribution is 5.46. The number of nitrogens with zero attached hydrogens (tertiary/aromatic N) is 1. The van der Waals surface area contributed by atoms with E-state index in [1.54, 1.807) is 6.07 Å². The van der Waals surface area contributed by atoms with E-state index in [2.05, 4.69) is 17.1 Å². The van der Waals surface area contributed by atoms with Crippen LogP contribution in [0.3, 0.4) is 0 Å². The first-order valence-corrected chi connectivity index (χ1v) is 5.89. The van der Waals surface area contributed by atoms with Gasteiger partial charge in [-0.15, -0.1) is 0 Å². The molecule has 0 aromatic heterocycles. The minimum atomic E-state index is -0.359. The zero-order valence-corrected chi connectivity index (χ0v) is 10.3. The van der Waals surface area contributed by atoms with Gasteiger partial charge in [0.2, 0.25) is 0 Å². The second kappa shape index (κ2) is 4.63. The van der Waals surface area contributed by atoms with Gasteiger partial charge in [0.1, 0.15) is 5.82 Å². The van der Waals surface area contributed by atoms with Gasteiger partial charge in [-0.1, -0.05) is 6.07 Å². The highest BCUT2D eigenvalue weighted by Gasteiger charge is 2.40. The maximum atomic E-state index is 13.1. The van der Waals surface area contributed by atoms with E-state index in [1.807, 2.05) is 13.1 Å². The molecule has 4 heteroatoms. The molecule has 17 heavy (non-hydrogen) atoms. The molecule has 0 bridgehead atoms. The molecule has 1 saturated heterocycles. The summed E-state index contributed by atoms with van der Waals surface area (Å²) in [6, 6.07) is 6.79. The molecule has 2 unspecified atom stereocenters. The Labute approximate surface area is 101 Å². The Morgan fingerprint density at radius 2 is 2.35 bits per heavy atom. The Morgan fingerprint density at radius 3 is 2.88 bits per heavy atom. The fourth-order valence-electron chi connectivity index (χ4n) is 2.54. The van der Waals surface area contributed by atoms with Crippen molar-refractivity contribution in [1.82, 2.24) is 4.90 Å². The third-order valence-corrected chi connectivity index (χ3v) is 3.53. The van der Waals surface area contributed by atoms with Crippen molar-refractivity contribution in [1.29, 1.82) is 0 Å². The Hall–Kier alpha value is -1.13. The molecule has 0 radical (unpaired) electrons. The molecule has 1 heterocycles. The van der Waals surface area contributed by atoms with E-state index in [4.69, 9.17) is 0 Å². The average Bonchev–Trinajstić information content (AvgIpc) is 2.55. The molecular formula is C13H19FN2O. The van der Waals surface area contributed by atoms with Crippen molar-refractivity contribution in [2.75, 3.05) is 25.5 Å². The number of hydrogen-bond donors (Lipinski definition) is 2. The Morgan fingerprint density at radius 1 is 1.59 bits per heavy atom. The number of halogens is 1. The summed E-state index contributed by atoms with van der Waals surface area (Å²) in [7, 11) is 2.04. The summed E-state index contributed by atoms with van der Waals surface area (Å²) in [6.07, 6.45) is 0.858. The summed E-state index contributed by atoms with van der Waals surface area (Å²) < 4.78 is 13.1. The van der Waals surface area contributed by atoms with Gasteiger partial charge in [-0.25, -0.2) is 4.39 Å². The van der Waals surface area contributed by atoms with Gasteiger partial charge < -0.3 is 15.3 Å². The Balaban J connectivity index is 2.16. The van der Waals surface area contributed by atoms with Crippen LogP contribution in [0.15, 0.2) is 24.3 Å². The monoisotopic (exact) mass is 238 g/mol. The van der Waals surface area contributed by atoms with Crippen LogP contribution in [0.1, 0.15) is 13.3 Å². The topological polar surface area (TPSA) is 35.5 Å². The van der Waals surface area contributed by atoms with Gasteiger partial charge in [-0.3, -0.25) is 0 Å². The van der Waals surface area contributed by atoms with E-state index in [9.17, 15) is 9.50 Å². The van der Waals surface area contributed by atoms with E-state index in [1.165, 1.54) is 12.1 Å². The van der Waals surface area contributed by atoms with E-state index >= 15 is 0 Å². The molecule has 2 N–H and O–H groups in total. The molecule has 0 spiro atoms. The van der Waals surface area contributed by atoms with Gasteiger partial charge in [0.25, 0.3) is 0 Å². The standard InChI is InChI=1S/C13H19FN2O/c1-10-7-13(9-17,8-16(10)2)15-12-5-3-4-11(14)6-12/h3-6,10,15,17H,7-9H2,1-2H3. The lowest BCUT2D eigenvalue weighted by atomic mass is 9.97.